The molecule has 4 N–H and O–H groups in total. The third kappa shape index (κ3) is 25.3. The number of hydrogen-bond donors (Lipinski definition) is 3. The third-order valence-corrected chi connectivity index (χ3v) is 23.3. The molecule has 123 heavy (non-hydrogen) atoms. The molecule has 7 atom stereocenters. The van der Waals surface area contributed by atoms with Crippen LogP contribution in [0.1, 0.15) is 226 Å². The Labute approximate surface area is 730 Å². The van der Waals surface area contributed by atoms with E-state index in [0.29, 0.717) is 93.3 Å². The number of nitrogens with two attached hydrogens (primary N) is 1. The van der Waals surface area contributed by atoms with Crippen LogP contribution in [0.15, 0.2) is 49.6 Å². The van der Waals surface area contributed by atoms with Gasteiger partial charge in [0.25, 0.3) is 0 Å². The number of fused-ring (bicyclic) bond motifs is 8. The maximum Gasteiger partial charge on any atom is 0.215 e. The van der Waals surface area contributed by atoms with E-state index in [1.165, 1.54) is 27.8 Å². The van der Waals surface area contributed by atoms with Gasteiger partial charge in [0.2, 0.25) is 47.0 Å². The molecule has 0 radical (unpaired) electrons. The molecule has 8 aromatic heterocycles. The predicted molar refractivity (Wildman–Crippen MR) is 475 cm³/mol. The van der Waals surface area contributed by atoms with Crippen LogP contribution in [0.4, 0.5) is 4.39 Å². The highest BCUT2D eigenvalue weighted by atomic mass is 19.1. The Morgan fingerprint density at radius 3 is 1.28 bits per heavy atom. The maximum absolute atomic E-state index is 12.1. The van der Waals surface area contributed by atoms with Crippen molar-refractivity contribution < 1.29 is 56.5 Å². The van der Waals surface area contributed by atoms with Crippen LogP contribution in [0.5, 0.6) is 47.0 Å². The lowest BCUT2D eigenvalue weighted by Gasteiger charge is -2.44. The van der Waals surface area contributed by atoms with E-state index in [1.807, 2.05) is 101 Å². The first kappa shape index (κ1) is 96.9. The molecule has 1 fully saturated rings. The summed E-state index contributed by atoms with van der Waals surface area (Å²) < 4.78 is 89.8. The van der Waals surface area contributed by atoms with Gasteiger partial charge < -0.3 is 73.4 Å². The van der Waals surface area contributed by atoms with Crippen LogP contribution in [-0.4, -0.2) is 259 Å². The number of likely N-dealkylation sites (tertiary alicyclic amines) is 1. The topological polar surface area (TPSA) is 301 Å². The quantitative estimate of drug-likeness (QED) is 0.0757. The number of alkyl halides is 1. The van der Waals surface area contributed by atoms with Gasteiger partial charge in [0.05, 0.1) is 152 Å². The van der Waals surface area contributed by atoms with Crippen LogP contribution in [0.3, 0.4) is 0 Å². The lowest BCUT2D eigenvalue weighted by molar-refractivity contribution is -0.0685. The number of nitrogens with zero attached hydrogens (tertiary/aromatic N) is 18. The summed E-state index contributed by atoms with van der Waals surface area (Å²) in [7, 11) is 11.5. The van der Waals surface area contributed by atoms with Gasteiger partial charge >= 0.3 is 0 Å². The first-order valence-corrected chi connectivity index (χ1v) is 44.5. The summed E-state index contributed by atoms with van der Waals surface area (Å²) in [5.41, 5.74) is 15.5. The van der Waals surface area contributed by atoms with Crippen LogP contribution in [-0.2, 0) is 88.2 Å². The minimum atomic E-state index is -0.240. The van der Waals surface area contributed by atoms with Crippen molar-refractivity contribution >= 4 is 0 Å². The molecule has 9 aliphatic rings. The van der Waals surface area contributed by atoms with Crippen molar-refractivity contribution in [2.75, 3.05) is 128 Å². The van der Waals surface area contributed by atoms with Crippen LogP contribution in [0.25, 0.3) is 0 Å². The van der Waals surface area contributed by atoms with Crippen molar-refractivity contribution in [3.05, 3.63) is 94.1 Å². The molecule has 17 rings (SSSR count). The van der Waals surface area contributed by atoms with Crippen LogP contribution in [0.2, 0.25) is 0 Å². The number of rotatable bonds is 16. The highest BCUT2D eigenvalue weighted by Gasteiger charge is 2.39. The summed E-state index contributed by atoms with van der Waals surface area (Å²) >= 11 is 0. The zero-order valence-corrected chi connectivity index (χ0v) is 79.0. The minimum absolute atomic E-state index is 0.0549. The normalized spacial score (nSPS) is 20.6. The number of halogens is 1. The molecule has 688 valence electrons. The van der Waals surface area contributed by atoms with Crippen molar-refractivity contribution in [1.29, 1.82) is 0 Å². The molecule has 1 saturated heterocycles. The molecule has 0 bridgehead atoms. The molecular weight excluding hydrogens is 1570 g/mol. The molecule has 0 saturated carbocycles. The smallest absolute Gasteiger partial charge is 0.215 e. The fourth-order valence-corrected chi connectivity index (χ4v) is 15.2. The second kappa shape index (κ2) is 43.3. The molecule has 0 aliphatic carbocycles. The van der Waals surface area contributed by atoms with Gasteiger partial charge in [-0.1, -0.05) is 138 Å². The Bertz CT molecular complexity index is 4510. The molecule has 32 nitrogen and oxygen atoms in total. The van der Waals surface area contributed by atoms with E-state index in [2.05, 4.69) is 214 Å². The summed E-state index contributed by atoms with van der Waals surface area (Å²) in [6, 6.07) is 1.30. The SMILES string of the molecule is CC(C)(C)c1cnn2c1OC[C@@H](CCCF)C2.CC(C)c1cnn2c1OCCC2.CC(C)c1cnn2c1OC[C@@H](N(C)C)C2.CC(C)c1cnn2c1OC[C@@H](N)C2.CNCCO[C@@H]1COc2c(C(C)(C)C)cnn2C1.CN[C@@H]1COc2c(C(C)C)cnn2C1.COC1CN([C@@H]2COc3c(C(C)(C)C)cnn3C2)C1.CO[C@@H]1COc2c(C(C)(C)C)cnn2C1. The van der Waals surface area contributed by atoms with Gasteiger partial charge in [-0.3, -0.25) is 9.29 Å². The van der Waals surface area contributed by atoms with Gasteiger partial charge in [-0.25, -0.2) is 37.5 Å². The highest BCUT2D eigenvalue weighted by molar-refractivity contribution is 5.37. The van der Waals surface area contributed by atoms with Crippen molar-refractivity contribution in [2.45, 2.75) is 298 Å². The average Bonchev–Trinajstić information content (AvgIpc) is 1.71. The van der Waals surface area contributed by atoms with Crippen molar-refractivity contribution in [3.63, 3.8) is 0 Å². The highest BCUT2D eigenvalue weighted by Crippen LogP contribution is 2.40. The van der Waals surface area contributed by atoms with Crippen LogP contribution < -0.4 is 54.3 Å². The molecule has 0 amide bonds. The van der Waals surface area contributed by atoms with Gasteiger partial charge in [-0.15, -0.1) is 0 Å². The first-order valence-electron chi connectivity index (χ1n) is 44.5. The van der Waals surface area contributed by atoms with E-state index in [9.17, 15) is 4.39 Å². The standard InChI is InChI=1S/C14H23N3O2.C13H21FN2O.C13H23N3O2.C11H19N3O.C11H18N2O2.C10H17N3O.C9H15N3O.C9H14N2O/c1-14(2,3)12-5-15-17-6-10(9-19-13(12)17)16-7-11(8-16)18-4;1-13(2,3)11-7-15-16-8-10(5-4-6-14)9-17-12(11)16;1-13(2,3)11-7-15-16-8-10(9-18-12(11)16)17-6-5-14-4;1-8(2)10-5-12-14-6-9(13(3)4)7-15-11(10)14;1-11(2,3)9-5-12-13-6-8(14-4)7-15-10(9)13;1-7(2)9-4-12-13-5-8(11-3)6-14-10(9)13;1-6(2)8-3-11-12-4-7(10)5-13-9(8)12;1-7(2)8-6-10-11-4-3-5-12-9(8)11/h5,10-11H,6-9H2,1-4H3;7,10H,4-6,8-9H2,1-3H3;7,10,14H,5-6,8-9H2,1-4H3;5,8-9H,6-7H2,1-4H3;5,8H,6-7H2,1-4H3;4,7-8,11H,5-6H2,1-3H3;3,6-7H,4-5,10H2,1-2H3;6-7H,3-5H2,1-2H3/t3*10-;9-;2*8-;7-;/m0000000./s1. The molecular formula is C90H150FN21O11. The summed E-state index contributed by atoms with van der Waals surface area (Å²) in [4.78, 5) is 4.59. The molecule has 8 aromatic rings. The number of methoxy groups -OCH3 is 2. The molecule has 0 unspecified atom stereocenters. The molecule has 9 aliphatic heterocycles. The first-order chi connectivity index (χ1) is 58.3. The Morgan fingerprint density at radius 2 is 0.829 bits per heavy atom. The predicted octanol–water partition coefficient (Wildman–Crippen LogP) is 11.8. The van der Waals surface area contributed by atoms with E-state index >= 15 is 0 Å². The van der Waals surface area contributed by atoms with Crippen molar-refractivity contribution in [3.8, 4) is 47.0 Å². The summed E-state index contributed by atoms with van der Waals surface area (Å²) in [6.45, 7) is 59.2. The van der Waals surface area contributed by atoms with Crippen LogP contribution >= 0.6 is 0 Å². The minimum Gasteiger partial charge on any atom is -0.478 e. The van der Waals surface area contributed by atoms with Crippen molar-refractivity contribution in [2.24, 2.45) is 11.7 Å². The Morgan fingerprint density at radius 1 is 0.439 bits per heavy atom. The van der Waals surface area contributed by atoms with Crippen molar-refractivity contribution in [1.82, 2.24) is 98.7 Å². The summed E-state index contributed by atoms with van der Waals surface area (Å²) in [5.74, 6) is 9.75. The lowest BCUT2D eigenvalue weighted by Crippen LogP contribution is -2.59. The lowest BCUT2D eigenvalue weighted by atomic mass is 9.89. The molecule has 0 aromatic carbocycles. The van der Waals surface area contributed by atoms with E-state index < -0.39 is 0 Å². The van der Waals surface area contributed by atoms with Gasteiger partial charge in [0, 0.05) is 97.2 Å². The fraction of sp³-hybridized carbons (Fsp3) is 0.733. The van der Waals surface area contributed by atoms with Gasteiger partial charge in [0.15, 0.2) is 0 Å². The Balaban J connectivity index is 0.000000148. The number of likely N-dealkylation sites (N-methyl/N-ethyl adjacent to an activating group) is 3. The second-order valence-electron chi connectivity index (χ2n) is 39.0. The zero-order valence-electron chi connectivity index (χ0n) is 79.0. The maximum atomic E-state index is 12.1. The zero-order chi connectivity index (χ0) is 89.4. The Kier molecular flexibility index (Phi) is 34.1. The average molecular weight is 1720 g/mol. The monoisotopic (exact) mass is 1720 g/mol. The number of ether oxygens (including phenoxy) is 11. The van der Waals surface area contributed by atoms with E-state index in [4.69, 9.17) is 57.8 Å². The Hall–Kier alpha value is -8.31. The molecule has 0 spiro atoms. The molecule has 17 heterocycles. The number of nitrogens with one attached hydrogen (secondary N) is 2. The summed E-state index contributed by atoms with van der Waals surface area (Å²) in [5, 5.41) is 41.1. The van der Waals surface area contributed by atoms with E-state index in [1.54, 1.807) is 14.2 Å². The third-order valence-electron chi connectivity index (χ3n) is 23.3. The largest absolute Gasteiger partial charge is 0.478 e. The van der Waals surface area contributed by atoms with E-state index in [-0.39, 0.29) is 46.6 Å². The van der Waals surface area contributed by atoms with Gasteiger partial charge in [-0.2, -0.15) is 40.8 Å². The number of aryl methyl sites for hydroxylation is 1. The fourth-order valence-electron chi connectivity index (χ4n) is 15.2. The number of aromatic nitrogens is 16. The van der Waals surface area contributed by atoms with Gasteiger partial charge in [0.1, 0.15) is 51.8 Å². The van der Waals surface area contributed by atoms with Gasteiger partial charge in [-0.05, 0) is 86.4 Å². The molecule has 33 heteroatoms. The van der Waals surface area contributed by atoms with Crippen LogP contribution in [0, 0.1) is 5.92 Å². The van der Waals surface area contributed by atoms with E-state index in [0.717, 1.165) is 175 Å². The number of hydrogen-bond acceptors (Lipinski definition) is 24. The second-order valence-corrected chi connectivity index (χ2v) is 39.0. The summed E-state index contributed by atoms with van der Waals surface area (Å²) in [6.07, 6.45) is 18.5.